The first-order chi connectivity index (χ1) is 12.1. The first kappa shape index (κ1) is 16.9. The number of hydrogen-bond donors (Lipinski definition) is 1. The van der Waals surface area contributed by atoms with Gasteiger partial charge in [0.2, 0.25) is 17.6 Å². The lowest BCUT2D eigenvalue weighted by atomic mass is 10.1. The molecule has 0 aliphatic carbocycles. The van der Waals surface area contributed by atoms with Crippen LogP contribution < -0.4 is 5.32 Å². The van der Waals surface area contributed by atoms with Gasteiger partial charge in [0.1, 0.15) is 0 Å². The van der Waals surface area contributed by atoms with Crippen LogP contribution in [0.4, 0.5) is 5.69 Å². The fourth-order valence-corrected chi connectivity index (χ4v) is 2.73. The number of carbonyl (C=O) groups is 1. The van der Waals surface area contributed by atoms with E-state index in [1.807, 2.05) is 56.3 Å². The lowest BCUT2D eigenvalue weighted by Gasteiger charge is -2.07. The molecule has 0 saturated heterocycles. The molecule has 0 atom stereocenters. The van der Waals surface area contributed by atoms with Crippen molar-refractivity contribution in [3.05, 3.63) is 65.5 Å². The van der Waals surface area contributed by atoms with Crippen LogP contribution in [0.3, 0.4) is 0 Å². The van der Waals surface area contributed by atoms with Crippen molar-refractivity contribution in [3.63, 3.8) is 0 Å². The van der Waals surface area contributed by atoms with Gasteiger partial charge in [-0.1, -0.05) is 41.6 Å². The van der Waals surface area contributed by atoms with E-state index in [0.717, 1.165) is 22.4 Å². The summed E-state index contributed by atoms with van der Waals surface area (Å²) >= 11 is 0. The van der Waals surface area contributed by atoms with Crippen LogP contribution in [0.1, 0.15) is 29.9 Å². The summed E-state index contributed by atoms with van der Waals surface area (Å²) in [5.74, 6) is 1.13. The van der Waals surface area contributed by atoms with Crippen LogP contribution in [0, 0.1) is 13.8 Å². The van der Waals surface area contributed by atoms with Crippen molar-refractivity contribution in [1.82, 2.24) is 10.1 Å². The molecule has 0 aliphatic rings. The molecular weight excluding hydrogens is 314 g/mol. The van der Waals surface area contributed by atoms with Crippen LogP contribution in [0.25, 0.3) is 11.4 Å². The highest BCUT2D eigenvalue weighted by atomic mass is 16.5. The Labute approximate surface area is 147 Å². The Morgan fingerprint density at radius 2 is 1.80 bits per heavy atom. The fourth-order valence-electron chi connectivity index (χ4n) is 2.73. The summed E-state index contributed by atoms with van der Waals surface area (Å²) in [7, 11) is 0. The van der Waals surface area contributed by atoms with E-state index < -0.39 is 0 Å². The predicted molar refractivity (Wildman–Crippen MR) is 97.2 cm³/mol. The molecule has 3 aromatic rings. The maximum absolute atomic E-state index is 12.1. The maximum Gasteiger partial charge on any atom is 0.226 e. The van der Waals surface area contributed by atoms with Gasteiger partial charge in [0.05, 0.1) is 0 Å². The molecule has 0 unspecified atom stereocenters. The van der Waals surface area contributed by atoms with Crippen molar-refractivity contribution >= 4 is 11.6 Å². The molecule has 1 amide bonds. The Bertz CT molecular complexity index is 836. The highest BCUT2D eigenvalue weighted by molar-refractivity contribution is 5.90. The molecule has 0 radical (unpaired) electrons. The van der Waals surface area contributed by atoms with E-state index in [4.69, 9.17) is 4.52 Å². The monoisotopic (exact) mass is 335 g/mol. The fraction of sp³-hybridized carbons (Fsp3) is 0.250. The van der Waals surface area contributed by atoms with Gasteiger partial charge in [-0.05, 0) is 43.5 Å². The van der Waals surface area contributed by atoms with Crippen LogP contribution in [-0.2, 0) is 11.2 Å². The lowest BCUT2D eigenvalue weighted by Crippen LogP contribution is -2.11. The third-order valence-corrected chi connectivity index (χ3v) is 3.80. The molecule has 0 fully saturated rings. The minimum absolute atomic E-state index is 0.00667. The van der Waals surface area contributed by atoms with Crippen molar-refractivity contribution in [2.75, 3.05) is 5.32 Å². The summed E-state index contributed by atoms with van der Waals surface area (Å²) in [5.41, 5.74) is 4.03. The average Bonchev–Trinajstić information content (AvgIpc) is 3.03. The number of carbonyl (C=O) groups excluding carboxylic acids is 1. The zero-order chi connectivity index (χ0) is 17.6. The summed E-state index contributed by atoms with van der Waals surface area (Å²) in [5, 5.41) is 6.92. The number of benzene rings is 2. The first-order valence-corrected chi connectivity index (χ1v) is 8.36. The average molecular weight is 335 g/mol. The quantitative estimate of drug-likeness (QED) is 0.728. The van der Waals surface area contributed by atoms with E-state index in [1.54, 1.807) is 0 Å². The van der Waals surface area contributed by atoms with Crippen LogP contribution in [0.2, 0.25) is 0 Å². The number of aryl methyl sites for hydroxylation is 3. The largest absolute Gasteiger partial charge is 0.339 e. The summed E-state index contributed by atoms with van der Waals surface area (Å²) in [4.78, 5) is 16.4. The summed E-state index contributed by atoms with van der Waals surface area (Å²) in [6.07, 6.45) is 1.66. The molecular formula is C20H21N3O2. The van der Waals surface area contributed by atoms with E-state index >= 15 is 0 Å². The summed E-state index contributed by atoms with van der Waals surface area (Å²) in [6.45, 7) is 4.03. The Morgan fingerprint density at radius 1 is 1.08 bits per heavy atom. The molecule has 1 aromatic heterocycles. The van der Waals surface area contributed by atoms with Crippen LogP contribution >= 0.6 is 0 Å². The van der Waals surface area contributed by atoms with Crippen molar-refractivity contribution in [2.24, 2.45) is 0 Å². The van der Waals surface area contributed by atoms with E-state index in [9.17, 15) is 4.79 Å². The number of hydrogen-bond acceptors (Lipinski definition) is 4. The molecule has 1 heterocycles. The molecule has 128 valence electrons. The Hall–Kier alpha value is -2.95. The molecule has 3 rings (SSSR count). The molecule has 0 bridgehead atoms. The van der Waals surface area contributed by atoms with Crippen LogP contribution in [0.5, 0.6) is 0 Å². The Kier molecular flexibility index (Phi) is 5.23. The summed E-state index contributed by atoms with van der Waals surface area (Å²) in [6, 6.07) is 15.7. The van der Waals surface area contributed by atoms with Crippen molar-refractivity contribution < 1.29 is 9.32 Å². The van der Waals surface area contributed by atoms with E-state index in [-0.39, 0.29) is 5.91 Å². The number of aromatic nitrogens is 2. The molecule has 2 aromatic carbocycles. The van der Waals surface area contributed by atoms with Gasteiger partial charge in [0.25, 0.3) is 0 Å². The molecule has 0 saturated carbocycles. The number of rotatable bonds is 6. The van der Waals surface area contributed by atoms with Crippen LogP contribution in [0.15, 0.2) is 53.1 Å². The van der Waals surface area contributed by atoms with Gasteiger partial charge < -0.3 is 9.84 Å². The second kappa shape index (κ2) is 7.75. The highest BCUT2D eigenvalue weighted by Crippen LogP contribution is 2.16. The number of amides is 1. The smallest absolute Gasteiger partial charge is 0.226 e. The standard InChI is InChI=1S/C20H21N3O2/c1-14-11-15(2)13-17(12-14)21-18(24)9-6-10-19-22-20(23-25-19)16-7-4-3-5-8-16/h3-5,7-8,11-13H,6,9-10H2,1-2H3,(H,21,24). The third-order valence-electron chi connectivity index (χ3n) is 3.80. The third kappa shape index (κ3) is 4.76. The second-order valence-corrected chi connectivity index (χ2v) is 6.16. The zero-order valence-electron chi connectivity index (χ0n) is 14.5. The highest BCUT2D eigenvalue weighted by Gasteiger charge is 2.09. The van der Waals surface area contributed by atoms with Crippen molar-refractivity contribution in [2.45, 2.75) is 33.1 Å². The van der Waals surface area contributed by atoms with Gasteiger partial charge in [-0.2, -0.15) is 4.98 Å². The first-order valence-electron chi connectivity index (χ1n) is 8.36. The molecule has 25 heavy (non-hydrogen) atoms. The van der Waals surface area contributed by atoms with Gasteiger partial charge >= 0.3 is 0 Å². The maximum atomic E-state index is 12.1. The topological polar surface area (TPSA) is 68.0 Å². The zero-order valence-corrected chi connectivity index (χ0v) is 14.5. The minimum Gasteiger partial charge on any atom is -0.339 e. The minimum atomic E-state index is -0.00667. The molecule has 5 heteroatoms. The van der Waals surface area contributed by atoms with Crippen molar-refractivity contribution in [3.8, 4) is 11.4 Å². The Balaban J connectivity index is 1.49. The molecule has 0 spiro atoms. The second-order valence-electron chi connectivity index (χ2n) is 6.16. The Morgan fingerprint density at radius 3 is 2.52 bits per heavy atom. The molecule has 5 nitrogen and oxygen atoms in total. The molecule has 0 aliphatic heterocycles. The predicted octanol–water partition coefficient (Wildman–Crippen LogP) is 4.31. The molecule has 1 N–H and O–H groups in total. The van der Waals surface area contributed by atoms with Gasteiger partial charge in [0.15, 0.2) is 0 Å². The van der Waals surface area contributed by atoms with E-state index in [0.29, 0.717) is 31.0 Å². The van der Waals surface area contributed by atoms with E-state index in [1.165, 1.54) is 0 Å². The van der Waals surface area contributed by atoms with Gasteiger partial charge in [-0.3, -0.25) is 4.79 Å². The number of nitrogens with one attached hydrogen (secondary N) is 1. The van der Waals surface area contributed by atoms with Gasteiger partial charge in [0, 0.05) is 24.1 Å². The number of anilines is 1. The van der Waals surface area contributed by atoms with Crippen LogP contribution in [-0.4, -0.2) is 16.0 Å². The van der Waals surface area contributed by atoms with E-state index in [2.05, 4.69) is 21.5 Å². The normalized spacial score (nSPS) is 10.6. The van der Waals surface area contributed by atoms with Crippen molar-refractivity contribution in [1.29, 1.82) is 0 Å². The lowest BCUT2D eigenvalue weighted by molar-refractivity contribution is -0.116. The van der Waals surface area contributed by atoms with Gasteiger partial charge in [-0.25, -0.2) is 0 Å². The number of nitrogens with zero attached hydrogens (tertiary/aromatic N) is 2. The SMILES string of the molecule is Cc1cc(C)cc(NC(=O)CCCc2nc(-c3ccccc3)no2)c1. The summed E-state index contributed by atoms with van der Waals surface area (Å²) < 4.78 is 5.26. The van der Waals surface area contributed by atoms with Gasteiger partial charge in [-0.15, -0.1) is 0 Å².